The molecule has 2 aliphatic heterocycles. The van der Waals surface area contributed by atoms with Gasteiger partial charge in [0.1, 0.15) is 4.90 Å². The van der Waals surface area contributed by atoms with E-state index in [1.807, 2.05) is 4.90 Å². The fourth-order valence-corrected chi connectivity index (χ4v) is 5.98. The molecule has 3 heterocycles. The molecule has 6 nitrogen and oxygen atoms in total. The summed E-state index contributed by atoms with van der Waals surface area (Å²) in [7, 11) is -3.43. The molecule has 2 saturated heterocycles. The van der Waals surface area contributed by atoms with Gasteiger partial charge in [0.2, 0.25) is 15.9 Å². The van der Waals surface area contributed by atoms with Crippen molar-refractivity contribution in [3.8, 4) is 0 Å². The van der Waals surface area contributed by atoms with E-state index >= 15 is 0 Å². The lowest BCUT2D eigenvalue weighted by Gasteiger charge is -2.39. The van der Waals surface area contributed by atoms with Crippen LogP contribution >= 0.6 is 11.8 Å². The molecule has 3 rings (SSSR count). The number of likely N-dealkylation sites (tertiary alicyclic amines) is 1. The van der Waals surface area contributed by atoms with E-state index in [2.05, 4.69) is 18.8 Å². The number of nitrogens with zero attached hydrogens (tertiary/aromatic N) is 3. The number of sulfonamides is 1. The summed E-state index contributed by atoms with van der Waals surface area (Å²) in [5.74, 6) is 0.463. The van der Waals surface area contributed by atoms with Crippen LogP contribution in [-0.4, -0.2) is 59.4 Å². The topological polar surface area (TPSA) is 70.6 Å². The molecule has 0 aromatic carbocycles. The van der Waals surface area contributed by atoms with Crippen LogP contribution in [0.5, 0.6) is 0 Å². The number of carbonyl (C=O) groups is 1. The van der Waals surface area contributed by atoms with E-state index in [0.29, 0.717) is 23.9 Å². The van der Waals surface area contributed by atoms with Gasteiger partial charge in [-0.05, 0) is 58.1 Å². The van der Waals surface area contributed by atoms with Gasteiger partial charge in [-0.2, -0.15) is 4.31 Å². The molecule has 0 bridgehead atoms. The van der Waals surface area contributed by atoms with Crippen molar-refractivity contribution >= 4 is 27.7 Å². The first-order valence-corrected chi connectivity index (χ1v) is 11.7. The molecule has 0 N–H and O–H groups in total. The lowest BCUT2D eigenvalue weighted by Crippen LogP contribution is -2.48. The highest BCUT2D eigenvalue weighted by Crippen LogP contribution is 2.26. The number of thioether (sulfide) groups is 1. The third-order valence-electron chi connectivity index (χ3n) is 5.24. The number of piperidine rings is 1. The lowest BCUT2D eigenvalue weighted by molar-refractivity contribution is -0.134. The molecular weight excluding hydrogens is 370 g/mol. The molecular formula is C18H27N3O3S2. The SMILES string of the molecule is CC1CCCC(C)N1C(=O)CSc1ccc(S(=O)(=O)N2CCCC2)cn1. The van der Waals surface area contributed by atoms with Gasteiger partial charge in [0.25, 0.3) is 0 Å². The first-order chi connectivity index (χ1) is 12.4. The van der Waals surface area contributed by atoms with Crippen molar-refractivity contribution in [2.75, 3.05) is 18.8 Å². The molecule has 2 aliphatic rings. The van der Waals surface area contributed by atoms with Gasteiger partial charge in [-0.1, -0.05) is 11.8 Å². The summed E-state index contributed by atoms with van der Waals surface area (Å²) in [6.07, 6.45) is 6.52. The van der Waals surface area contributed by atoms with Crippen molar-refractivity contribution in [2.45, 2.75) is 68.0 Å². The standard InChI is InChI=1S/C18H27N3O3S2/c1-14-6-5-7-15(2)21(14)18(22)13-25-17-9-8-16(12-19-17)26(23,24)20-10-3-4-11-20/h8-9,12,14-15H,3-7,10-11,13H2,1-2H3. The largest absolute Gasteiger partial charge is 0.337 e. The van der Waals surface area contributed by atoms with E-state index in [1.54, 1.807) is 12.1 Å². The van der Waals surface area contributed by atoms with Gasteiger partial charge in [0.15, 0.2) is 0 Å². The minimum atomic E-state index is -3.43. The Hall–Kier alpha value is -1.12. The Morgan fingerprint density at radius 3 is 2.38 bits per heavy atom. The van der Waals surface area contributed by atoms with Crippen LogP contribution in [0.15, 0.2) is 28.3 Å². The summed E-state index contributed by atoms with van der Waals surface area (Å²) in [5, 5.41) is 0.677. The third-order valence-corrected chi connectivity index (χ3v) is 8.05. The van der Waals surface area contributed by atoms with Gasteiger partial charge in [-0.3, -0.25) is 4.79 Å². The normalized spacial score (nSPS) is 24.8. The Kier molecular flexibility index (Phi) is 6.25. The number of hydrogen-bond donors (Lipinski definition) is 0. The number of hydrogen-bond acceptors (Lipinski definition) is 5. The van der Waals surface area contributed by atoms with Crippen LogP contribution in [0, 0.1) is 0 Å². The van der Waals surface area contributed by atoms with Crippen LogP contribution in [0.3, 0.4) is 0 Å². The lowest BCUT2D eigenvalue weighted by atomic mass is 9.98. The Morgan fingerprint density at radius 2 is 1.81 bits per heavy atom. The van der Waals surface area contributed by atoms with Crippen LogP contribution in [0.25, 0.3) is 0 Å². The molecule has 1 amide bonds. The summed E-state index contributed by atoms with van der Waals surface area (Å²) in [5.41, 5.74) is 0. The van der Waals surface area contributed by atoms with Crippen LogP contribution in [-0.2, 0) is 14.8 Å². The highest BCUT2D eigenvalue weighted by molar-refractivity contribution is 7.99. The summed E-state index contributed by atoms with van der Waals surface area (Å²) in [4.78, 5) is 19.0. The van der Waals surface area contributed by atoms with Gasteiger partial charge in [-0.15, -0.1) is 0 Å². The van der Waals surface area contributed by atoms with Crippen molar-refractivity contribution in [1.82, 2.24) is 14.2 Å². The van der Waals surface area contributed by atoms with Crippen LogP contribution in [0.1, 0.15) is 46.0 Å². The Balaban J connectivity index is 1.60. The molecule has 2 unspecified atom stereocenters. The van der Waals surface area contributed by atoms with Crippen LogP contribution in [0.4, 0.5) is 0 Å². The quantitative estimate of drug-likeness (QED) is 0.715. The third kappa shape index (κ3) is 4.23. The van der Waals surface area contributed by atoms with Gasteiger partial charge < -0.3 is 4.90 Å². The fourth-order valence-electron chi connectivity index (χ4n) is 3.81. The molecule has 1 aromatic heterocycles. The van der Waals surface area contributed by atoms with Crippen molar-refractivity contribution in [3.05, 3.63) is 18.3 Å². The maximum atomic E-state index is 12.6. The Bertz CT molecular complexity index is 721. The highest BCUT2D eigenvalue weighted by atomic mass is 32.2. The number of pyridine rings is 1. The van der Waals surface area contributed by atoms with Gasteiger partial charge in [0.05, 0.1) is 10.8 Å². The molecule has 0 radical (unpaired) electrons. The Labute approximate surface area is 160 Å². The van der Waals surface area contributed by atoms with E-state index in [1.165, 1.54) is 28.7 Å². The van der Waals surface area contributed by atoms with Gasteiger partial charge >= 0.3 is 0 Å². The number of aromatic nitrogens is 1. The monoisotopic (exact) mass is 397 g/mol. The zero-order valence-electron chi connectivity index (χ0n) is 15.4. The molecule has 2 fully saturated rings. The average Bonchev–Trinajstić information content (AvgIpc) is 3.16. The van der Waals surface area contributed by atoms with E-state index < -0.39 is 10.0 Å². The molecule has 8 heteroatoms. The van der Waals surface area contributed by atoms with Crippen molar-refractivity contribution in [3.63, 3.8) is 0 Å². The van der Waals surface area contributed by atoms with Crippen LogP contribution < -0.4 is 0 Å². The first-order valence-electron chi connectivity index (χ1n) is 9.30. The van der Waals surface area contributed by atoms with E-state index in [9.17, 15) is 13.2 Å². The molecule has 26 heavy (non-hydrogen) atoms. The molecule has 1 aromatic rings. The minimum Gasteiger partial charge on any atom is -0.337 e. The molecule has 144 valence electrons. The maximum absolute atomic E-state index is 12.6. The second-order valence-corrected chi connectivity index (χ2v) is 10.1. The predicted molar refractivity (Wildman–Crippen MR) is 103 cm³/mol. The first kappa shape index (κ1) is 19.6. The molecule has 0 spiro atoms. The summed E-state index contributed by atoms with van der Waals surface area (Å²) >= 11 is 1.37. The second kappa shape index (κ2) is 8.27. The van der Waals surface area contributed by atoms with Crippen molar-refractivity contribution < 1.29 is 13.2 Å². The zero-order valence-corrected chi connectivity index (χ0v) is 17.1. The second-order valence-electron chi connectivity index (χ2n) is 7.16. The van der Waals surface area contributed by atoms with Crippen LogP contribution in [0.2, 0.25) is 0 Å². The molecule has 2 atom stereocenters. The van der Waals surface area contributed by atoms with E-state index in [4.69, 9.17) is 0 Å². The van der Waals surface area contributed by atoms with Gasteiger partial charge in [-0.25, -0.2) is 13.4 Å². The van der Waals surface area contributed by atoms with E-state index in [0.717, 1.165) is 25.7 Å². The molecule has 0 aliphatic carbocycles. The van der Waals surface area contributed by atoms with Crippen molar-refractivity contribution in [1.29, 1.82) is 0 Å². The summed E-state index contributed by atoms with van der Waals surface area (Å²) in [6.45, 7) is 5.38. The number of rotatable bonds is 5. The highest BCUT2D eigenvalue weighted by Gasteiger charge is 2.29. The smallest absolute Gasteiger partial charge is 0.244 e. The minimum absolute atomic E-state index is 0.130. The predicted octanol–water partition coefficient (Wildman–Crippen LogP) is 2.75. The fraction of sp³-hybridized carbons (Fsp3) is 0.667. The average molecular weight is 398 g/mol. The summed E-state index contributed by atoms with van der Waals surface area (Å²) < 4.78 is 26.5. The zero-order chi connectivity index (χ0) is 18.7. The summed E-state index contributed by atoms with van der Waals surface area (Å²) in [6, 6.07) is 3.87. The maximum Gasteiger partial charge on any atom is 0.244 e. The molecule has 0 saturated carbocycles. The van der Waals surface area contributed by atoms with Gasteiger partial charge in [0, 0.05) is 31.4 Å². The Morgan fingerprint density at radius 1 is 1.15 bits per heavy atom. The van der Waals surface area contributed by atoms with Crippen molar-refractivity contribution in [2.24, 2.45) is 0 Å². The van der Waals surface area contributed by atoms with E-state index in [-0.39, 0.29) is 22.9 Å². The number of carbonyl (C=O) groups excluding carboxylic acids is 1. The number of amides is 1.